The summed E-state index contributed by atoms with van der Waals surface area (Å²) in [7, 11) is 0. The Morgan fingerprint density at radius 2 is 1.14 bits per heavy atom. The molecule has 122 valence electrons. The average molecular weight is 299 g/mol. The highest BCUT2D eigenvalue weighted by atomic mass is 14.4. The Labute approximate surface area is 137 Å². The smallest absolute Gasteiger partial charge is 0.0162 e. The summed E-state index contributed by atoms with van der Waals surface area (Å²) in [6.45, 7) is 9.26. The van der Waals surface area contributed by atoms with Gasteiger partial charge in [0, 0.05) is 0 Å². The van der Waals surface area contributed by atoms with E-state index < -0.39 is 0 Å². The van der Waals surface area contributed by atoms with Crippen LogP contribution in [0.5, 0.6) is 0 Å². The van der Waals surface area contributed by atoms with Gasteiger partial charge in [0.15, 0.2) is 0 Å². The van der Waals surface area contributed by atoms with E-state index in [-0.39, 0.29) is 0 Å². The van der Waals surface area contributed by atoms with Gasteiger partial charge >= 0.3 is 0 Å². The molecule has 1 aromatic carbocycles. The molecule has 0 aliphatic heterocycles. The minimum absolute atomic E-state index is 0.830. The first-order valence-corrected chi connectivity index (χ1v) is 9.62. The van der Waals surface area contributed by atoms with E-state index in [1.807, 2.05) is 0 Å². The Balaban J connectivity index is 1.60. The third-order valence-electron chi connectivity index (χ3n) is 6.92. The Morgan fingerprint density at radius 1 is 0.682 bits per heavy atom. The lowest BCUT2D eigenvalue weighted by atomic mass is 9.68. The van der Waals surface area contributed by atoms with Crippen molar-refractivity contribution in [3.63, 3.8) is 0 Å². The summed E-state index contributed by atoms with van der Waals surface area (Å²) >= 11 is 0. The highest BCUT2D eigenvalue weighted by Crippen LogP contribution is 2.44. The van der Waals surface area contributed by atoms with Crippen LogP contribution in [0.2, 0.25) is 0 Å². The third-order valence-corrected chi connectivity index (χ3v) is 6.92. The lowest BCUT2D eigenvalue weighted by Gasteiger charge is -2.37. The van der Waals surface area contributed by atoms with Crippen molar-refractivity contribution in [3.8, 4) is 0 Å². The van der Waals surface area contributed by atoms with E-state index in [0.29, 0.717) is 0 Å². The van der Waals surface area contributed by atoms with Gasteiger partial charge in [-0.25, -0.2) is 0 Å². The SMILES string of the molecule is Cc1cc(C2CCC(C3CCC(C)CC3)CC2)cc(C)c1C. The lowest BCUT2D eigenvalue weighted by molar-refractivity contribution is 0.165. The molecule has 0 saturated heterocycles. The van der Waals surface area contributed by atoms with Gasteiger partial charge in [-0.3, -0.25) is 0 Å². The van der Waals surface area contributed by atoms with Crippen molar-refractivity contribution in [1.82, 2.24) is 0 Å². The molecule has 0 heteroatoms. The maximum atomic E-state index is 2.47. The highest BCUT2D eigenvalue weighted by molar-refractivity contribution is 5.38. The monoisotopic (exact) mass is 298 g/mol. The fourth-order valence-electron chi connectivity index (χ4n) is 4.99. The van der Waals surface area contributed by atoms with Crippen molar-refractivity contribution in [3.05, 3.63) is 34.4 Å². The largest absolute Gasteiger partial charge is 0.0625 e. The number of benzene rings is 1. The summed E-state index contributed by atoms with van der Waals surface area (Å²) < 4.78 is 0. The van der Waals surface area contributed by atoms with E-state index in [2.05, 4.69) is 39.8 Å². The van der Waals surface area contributed by atoms with Crippen molar-refractivity contribution < 1.29 is 0 Å². The zero-order chi connectivity index (χ0) is 15.7. The van der Waals surface area contributed by atoms with Crippen LogP contribution < -0.4 is 0 Å². The van der Waals surface area contributed by atoms with Crippen LogP contribution in [0, 0.1) is 38.5 Å². The van der Waals surface area contributed by atoms with Gasteiger partial charge in [-0.2, -0.15) is 0 Å². The molecule has 2 saturated carbocycles. The maximum Gasteiger partial charge on any atom is -0.0162 e. The molecule has 0 amide bonds. The van der Waals surface area contributed by atoms with Gasteiger partial charge in [0.2, 0.25) is 0 Å². The summed E-state index contributed by atoms with van der Waals surface area (Å²) in [5, 5.41) is 0. The number of rotatable bonds is 2. The Morgan fingerprint density at radius 3 is 1.64 bits per heavy atom. The molecule has 2 fully saturated rings. The van der Waals surface area contributed by atoms with Crippen LogP contribution in [-0.4, -0.2) is 0 Å². The van der Waals surface area contributed by atoms with Gasteiger partial charge in [-0.05, 0) is 105 Å². The van der Waals surface area contributed by atoms with Gasteiger partial charge in [0.05, 0.1) is 0 Å². The fraction of sp³-hybridized carbons (Fsp3) is 0.727. The summed E-state index contributed by atoms with van der Waals surface area (Å²) in [5.41, 5.74) is 6.07. The molecule has 22 heavy (non-hydrogen) atoms. The van der Waals surface area contributed by atoms with Crippen LogP contribution in [0.25, 0.3) is 0 Å². The van der Waals surface area contributed by atoms with Crippen molar-refractivity contribution in [2.24, 2.45) is 17.8 Å². The fourth-order valence-corrected chi connectivity index (χ4v) is 4.99. The Bertz CT molecular complexity index is 474. The third kappa shape index (κ3) is 3.42. The number of hydrogen-bond donors (Lipinski definition) is 0. The van der Waals surface area contributed by atoms with Crippen LogP contribution in [-0.2, 0) is 0 Å². The van der Waals surface area contributed by atoms with Gasteiger partial charge in [-0.1, -0.05) is 31.9 Å². The van der Waals surface area contributed by atoms with E-state index in [1.54, 1.807) is 5.56 Å². The molecule has 2 aliphatic carbocycles. The normalized spacial score (nSPS) is 32.9. The van der Waals surface area contributed by atoms with Crippen molar-refractivity contribution in [1.29, 1.82) is 0 Å². The molecule has 0 bridgehead atoms. The molecule has 2 aliphatic rings. The summed E-state index contributed by atoms with van der Waals surface area (Å²) in [6, 6.07) is 4.94. The van der Waals surface area contributed by atoms with Gasteiger partial charge in [0.1, 0.15) is 0 Å². The van der Waals surface area contributed by atoms with Crippen molar-refractivity contribution >= 4 is 0 Å². The molecule has 0 radical (unpaired) electrons. The molecule has 0 aromatic heterocycles. The quantitative estimate of drug-likeness (QED) is 0.569. The highest BCUT2D eigenvalue weighted by Gasteiger charge is 2.30. The number of hydrogen-bond acceptors (Lipinski definition) is 0. The average Bonchev–Trinajstić information content (AvgIpc) is 2.53. The minimum Gasteiger partial charge on any atom is -0.0625 e. The summed E-state index contributed by atoms with van der Waals surface area (Å²) in [4.78, 5) is 0. The zero-order valence-electron chi connectivity index (χ0n) is 15.1. The van der Waals surface area contributed by atoms with E-state index in [9.17, 15) is 0 Å². The van der Waals surface area contributed by atoms with Crippen LogP contribution in [0.3, 0.4) is 0 Å². The molecule has 0 heterocycles. The molecule has 3 rings (SSSR count). The first-order chi connectivity index (χ1) is 10.5. The van der Waals surface area contributed by atoms with Crippen molar-refractivity contribution in [2.75, 3.05) is 0 Å². The standard InChI is InChI=1S/C22H34/c1-15-5-7-19(8-6-15)20-9-11-21(12-10-20)22-13-16(2)18(4)17(3)14-22/h13-15,19-21H,5-12H2,1-4H3. The topological polar surface area (TPSA) is 0 Å². The molecule has 0 unspecified atom stereocenters. The predicted molar refractivity (Wildman–Crippen MR) is 96.5 cm³/mol. The molecular weight excluding hydrogens is 264 g/mol. The van der Waals surface area contributed by atoms with E-state index >= 15 is 0 Å². The van der Waals surface area contributed by atoms with E-state index in [4.69, 9.17) is 0 Å². The molecule has 0 spiro atoms. The molecule has 1 aromatic rings. The van der Waals surface area contributed by atoms with Gasteiger partial charge in [-0.15, -0.1) is 0 Å². The molecule has 0 N–H and O–H groups in total. The molecular formula is C22H34. The van der Waals surface area contributed by atoms with Crippen LogP contribution in [0.4, 0.5) is 0 Å². The van der Waals surface area contributed by atoms with Gasteiger partial charge in [0.25, 0.3) is 0 Å². The van der Waals surface area contributed by atoms with Crippen LogP contribution in [0.15, 0.2) is 12.1 Å². The Hall–Kier alpha value is -0.780. The lowest BCUT2D eigenvalue weighted by Crippen LogP contribution is -2.24. The zero-order valence-corrected chi connectivity index (χ0v) is 15.1. The molecule has 0 nitrogen and oxygen atoms in total. The van der Waals surface area contributed by atoms with E-state index in [0.717, 1.165) is 23.7 Å². The predicted octanol–water partition coefficient (Wildman–Crippen LogP) is 6.71. The number of aryl methyl sites for hydroxylation is 2. The maximum absolute atomic E-state index is 2.47. The van der Waals surface area contributed by atoms with Gasteiger partial charge < -0.3 is 0 Å². The van der Waals surface area contributed by atoms with Crippen LogP contribution in [0.1, 0.15) is 86.5 Å². The van der Waals surface area contributed by atoms with E-state index in [1.165, 1.54) is 68.1 Å². The molecule has 0 atom stereocenters. The minimum atomic E-state index is 0.830. The summed E-state index contributed by atoms with van der Waals surface area (Å²) in [6.07, 6.45) is 11.8. The summed E-state index contributed by atoms with van der Waals surface area (Å²) in [5.74, 6) is 3.91. The first-order valence-electron chi connectivity index (χ1n) is 9.62. The second-order valence-corrected chi connectivity index (χ2v) is 8.41. The van der Waals surface area contributed by atoms with Crippen LogP contribution >= 0.6 is 0 Å². The van der Waals surface area contributed by atoms with Crippen molar-refractivity contribution in [2.45, 2.75) is 85.0 Å². The second-order valence-electron chi connectivity index (χ2n) is 8.41. The second kappa shape index (κ2) is 6.77. The Kier molecular flexibility index (Phi) is 4.95. The first kappa shape index (κ1) is 16.1.